The van der Waals surface area contributed by atoms with E-state index in [0.717, 1.165) is 109 Å². The Morgan fingerprint density at radius 3 is 1.16 bits per heavy atom. The molecule has 0 rings (SSSR count). The van der Waals surface area contributed by atoms with Crippen molar-refractivity contribution in [3.05, 3.63) is 97.2 Å². The van der Waals surface area contributed by atoms with Crippen LogP contribution in [0.1, 0.15) is 284 Å². The molecule has 0 heterocycles. The SMILES string of the molecule is CCCCC/C=C\C/C=C\C/C=C\C/C=C\CCCCCCCCCCCC(=O)NC(COP(=O)(O)OCC[N+](C)(C)C)C(/C=C\CCCCCCCCCCCC)OC(=O)CCCCCC/C=C\C/C=C\C/C=C\CCCCC. The van der Waals surface area contributed by atoms with Crippen LogP contribution < -0.4 is 5.32 Å². The van der Waals surface area contributed by atoms with Gasteiger partial charge in [0.05, 0.1) is 33.8 Å². The van der Waals surface area contributed by atoms with Gasteiger partial charge in [0.1, 0.15) is 19.3 Å². The van der Waals surface area contributed by atoms with Gasteiger partial charge in [0.25, 0.3) is 0 Å². The topological polar surface area (TPSA) is 111 Å². The first-order valence-corrected chi connectivity index (χ1v) is 34.6. The molecule has 2 N–H and O–H groups in total. The van der Waals surface area contributed by atoms with Gasteiger partial charge in [-0.15, -0.1) is 0 Å². The van der Waals surface area contributed by atoms with Crippen LogP contribution in [0.2, 0.25) is 0 Å². The van der Waals surface area contributed by atoms with E-state index in [0.29, 0.717) is 23.9 Å². The molecule has 0 spiro atoms. The normalized spacial score (nSPS) is 14.2. The van der Waals surface area contributed by atoms with Crippen molar-refractivity contribution in [2.45, 2.75) is 296 Å². The quantitative estimate of drug-likeness (QED) is 0.0205. The predicted molar refractivity (Wildman–Crippen MR) is 346 cm³/mol. The molecule has 0 saturated carbocycles. The Kier molecular flexibility index (Phi) is 56.8. The number of phosphoric ester groups is 1. The molecule has 0 aromatic heterocycles. The van der Waals surface area contributed by atoms with Crippen molar-refractivity contribution in [3.63, 3.8) is 0 Å². The zero-order valence-corrected chi connectivity index (χ0v) is 53.7. The second-order valence-corrected chi connectivity index (χ2v) is 24.7. The van der Waals surface area contributed by atoms with Gasteiger partial charge < -0.3 is 19.4 Å². The molecule has 0 aliphatic carbocycles. The van der Waals surface area contributed by atoms with E-state index in [4.69, 9.17) is 13.8 Å². The van der Waals surface area contributed by atoms with E-state index in [2.05, 4.69) is 111 Å². The van der Waals surface area contributed by atoms with Crippen LogP contribution in [0.25, 0.3) is 0 Å². The third-order valence-electron chi connectivity index (χ3n) is 14.2. The number of hydrogen-bond acceptors (Lipinski definition) is 6. The van der Waals surface area contributed by atoms with Gasteiger partial charge in [-0.1, -0.05) is 253 Å². The van der Waals surface area contributed by atoms with Crippen LogP contribution in [0.4, 0.5) is 0 Å². The van der Waals surface area contributed by atoms with Gasteiger partial charge in [0.15, 0.2) is 0 Å². The first-order chi connectivity index (χ1) is 38.9. The van der Waals surface area contributed by atoms with Crippen LogP contribution in [0.3, 0.4) is 0 Å². The second-order valence-electron chi connectivity index (χ2n) is 23.3. The number of allylic oxidation sites excluding steroid dienone is 15. The van der Waals surface area contributed by atoms with E-state index in [1.807, 2.05) is 33.3 Å². The van der Waals surface area contributed by atoms with Gasteiger partial charge in [-0.05, 0) is 115 Å². The van der Waals surface area contributed by atoms with Crippen molar-refractivity contribution in [3.8, 4) is 0 Å². The first kappa shape index (κ1) is 76.9. The third-order valence-corrected chi connectivity index (χ3v) is 15.2. The highest BCUT2D eigenvalue weighted by Crippen LogP contribution is 2.43. The summed E-state index contributed by atoms with van der Waals surface area (Å²) in [5.74, 6) is -0.538. The maximum Gasteiger partial charge on any atom is 0.472 e. The zero-order chi connectivity index (χ0) is 58.6. The minimum Gasteiger partial charge on any atom is -0.456 e. The molecule has 0 radical (unpaired) electrons. The molecule has 3 atom stereocenters. The van der Waals surface area contributed by atoms with Crippen LogP contribution in [-0.4, -0.2) is 74.3 Å². The molecule has 10 heteroatoms. The van der Waals surface area contributed by atoms with Gasteiger partial charge in [0, 0.05) is 12.8 Å². The highest BCUT2D eigenvalue weighted by molar-refractivity contribution is 7.47. The van der Waals surface area contributed by atoms with Gasteiger partial charge in [-0.3, -0.25) is 18.6 Å². The number of quaternary nitrogens is 1. The molecule has 0 saturated heterocycles. The number of carbonyl (C=O) groups is 2. The highest BCUT2D eigenvalue weighted by atomic mass is 31.2. The number of likely N-dealkylation sites (N-methyl/N-ethyl adjacent to an activating group) is 1. The number of nitrogens with zero attached hydrogens (tertiary/aromatic N) is 1. The molecule has 1 amide bonds. The Hall–Kier alpha value is -3.07. The molecule has 80 heavy (non-hydrogen) atoms. The van der Waals surface area contributed by atoms with Crippen LogP contribution in [0, 0.1) is 0 Å². The van der Waals surface area contributed by atoms with Gasteiger partial charge in [0.2, 0.25) is 5.91 Å². The summed E-state index contributed by atoms with van der Waals surface area (Å²) in [6.07, 6.45) is 79.7. The Morgan fingerprint density at radius 2 is 0.762 bits per heavy atom. The van der Waals surface area contributed by atoms with Crippen molar-refractivity contribution in [1.82, 2.24) is 5.32 Å². The number of unbranched alkanes of at least 4 members (excludes halogenated alkanes) is 29. The number of amides is 1. The third kappa shape index (κ3) is 59.5. The number of carbonyl (C=O) groups excluding carboxylic acids is 2. The summed E-state index contributed by atoms with van der Waals surface area (Å²) < 4.78 is 30.7. The maximum atomic E-state index is 13.6. The fraction of sp³-hybridized carbons (Fsp3) is 0.743. The molecular formula is C70H126N2O7P+. The molecule has 9 nitrogen and oxygen atoms in total. The first-order valence-electron chi connectivity index (χ1n) is 33.1. The van der Waals surface area contributed by atoms with E-state index in [1.165, 1.54) is 135 Å². The van der Waals surface area contributed by atoms with E-state index < -0.39 is 20.0 Å². The minimum atomic E-state index is -4.46. The fourth-order valence-corrected chi connectivity index (χ4v) is 9.84. The molecule has 0 aliphatic rings. The lowest BCUT2D eigenvalue weighted by atomic mass is 10.0. The molecule has 0 aliphatic heterocycles. The highest BCUT2D eigenvalue weighted by Gasteiger charge is 2.30. The van der Waals surface area contributed by atoms with Crippen LogP contribution >= 0.6 is 7.82 Å². The largest absolute Gasteiger partial charge is 0.472 e. The average molecular weight is 1140 g/mol. The number of ether oxygens (including phenoxy) is 1. The predicted octanol–water partition coefficient (Wildman–Crippen LogP) is 20.7. The Bertz CT molecular complexity index is 1690. The maximum absolute atomic E-state index is 13.6. The van der Waals surface area contributed by atoms with Crippen molar-refractivity contribution in [1.29, 1.82) is 0 Å². The van der Waals surface area contributed by atoms with Gasteiger partial charge >= 0.3 is 13.8 Å². The number of hydrogen-bond donors (Lipinski definition) is 2. The van der Waals surface area contributed by atoms with E-state index in [1.54, 1.807) is 0 Å². The smallest absolute Gasteiger partial charge is 0.456 e. The summed E-state index contributed by atoms with van der Waals surface area (Å²) in [6, 6.07) is -0.867. The molecule has 0 bridgehead atoms. The van der Waals surface area contributed by atoms with Crippen molar-refractivity contribution in [2.75, 3.05) is 40.9 Å². The van der Waals surface area contributed by atoms with Crippen molar-refractivity contribution < 1.29 is 37.3 Å². The average Bonchev–Trinajstić information content (AvgIpc) is 3.42. The van der Waals surface area contributed by atoms with Crippen LogP contribution in [-0.2, 0) is 27.9 Å². The van der Waals surface area contributed by atoms with Gasteiger partial charge in [-0.25, -0.2) is 4.57 Å². The monoisotopic (exact) mass is 1140 g/mol. The number of phosphoric acid groups is 1. The van der Waals surface area contributed by atoms with E-state index in [9.17, 15) is 19.0 Å². The Balaban J connectivity index is 5.19. The lowest BCUT2D eigenvalue weighted by Crippen LogP contribution is -2.47. The molecule has 462 valence electrons. The summed E-state index contributed by atoms with van der Waals surface area (Å²) in [6.45, 7) is 6.94. The fourth-order valence-electron chi connectivity index (χ4n) is 9.11. The summed E-state index contributed by atoms with van der Waals surface area (Å²) in [4.78, 5) is 37.8. The minimum absolute atomic E-state index is 0.0310. The Morgan fingerprint density at radius 1 is 0.438 bits per heavy atom. The van der Waals surface area contributed by atoms with E-state index in [-0.39, 0.29) is 31.5 Å². The zero-order valence-electron chi connectivity index (χ0n) is 52.8. The van der Waals surface area contributed by atoms with Crippen molar-refractivity contribution in [2.24, 2.45) is 0 Å². The van der Waals surface area contributed by atoms with Crippen LogP contribution in [0.15, 0.2) is 97.2 Å². The molecule has 0 fully saturated rings. The van der Waals surface area contributed by atoms with E-state index >= 15 is 0 Å². The number of esters is 1. The second kappa shape index (κ2) is 59.1. The number of rotatable bonds is 59. The van der Waals surface area contributed by atoms with Crippen molar-refractivity contribution >= 4 is 19.7 Å². The standard InChI is InChI=1S/C70H125N2O7P/c1-7-10-13-16-19-22-25-28-30-32-33-34-35-36-37-38-39-41-42-44-47-50-53-56-59-62-69(73)71-67(66-78-80(75,76)77-65-64-72(4,5)6)68(61-58-55-52-49-46-27-24-21-18-15-12-9-3)79-70(74)63-60-57-54-51-48-45-43-40-31-29-26-23-20-17-14-11-8-2/h19-20,22-23,28-31,33-34,36-37,43,45,58,61,67-68H,7-18,21,24-27,32,35,38-42,44,46-57,59-60,62-66H2,1-6H3,(H-,71,73,75,76)/p+1/b22-19-,23-20-,30-28-,31-29-,34-33-,37-36-,45-43-,61-58-. The number of nitrogens with one attached hydrogen (secondary N) is 1. The summed E-state index contributed by atoms with van der Waals surface area (Å²) in [7, 11) is 1.47. The van der Waals surface area contributed by atoms with Gasteiger partial charge in [-0.2, -0.15) is 0 Å². The Labute approximate surface area is 494 Å². The molecule has 0 aromatic carbocycles. The summed E-state index contributed by atoms with van der Waals surface area (Å²) in [5.41, 5.74) is 0. The molecule has 3 unspecified atom stereocenters. The summed E-state index contributed by atoms with van der Waals surface area (Å²) in [5, 5.41) is 3.05. The summed E-state index contributed by atoms with van der Waals surface area (Å²) >= 11 is 0. The molecule has 0 aromatic rings. The van der Waals surface area contributed by atoms with Crippen LogP contribution in [0.5, 0.6) is 0 Å². The lowest BCUT2D eigenvalue weighted by molar-refractivity contribution is -0.870. The lowest BCUT2D eigenvalue weighted by Gasteiger charge is -2.27. The molecular weight excluding hydrogens is 1010 g/mol.